The standard InChI is InChI=1S/C33H24N6O/c1-3-7-22(8-4-1)31-36-32(23-9-5-2-6-10-23)38-33(37-31)39-27-19-34-18-16-24(27)25-13-14-28-26(30(25)39)12-11-21-15-17-35-20-29(21)40-28/h1-20,26,28,31H,(H,36,37,38). The number of nitrogens with one attached hydrogen (secondary N) is 1. The maximum absolute atomic E-state index is 6.51. The summed E-state index contributed by atoms with van der Waals surface area (Å²) in [5.74, 6) is 2.19. The van der Waals surface area contributed by atoms with E-state index in [2.05, 4.69) is 74.5 Å². The lowest BCUT2D eigenvalue weighted by Crippen LogP contribution is -2.41. The van der Waals surface area contributed by atoms with Crippen molar-refractivity contribution in [2.75, 3.05) is 0 Å². The normalized spacial score (nSPS) is 20.8. The van der Waals surface area contributed by atoms with Gasteiger partial charge in [-0.15, -0.1) is 0 Å². The van der Waals surface area contributed by atoms with Gasteiger partial charge >= 0.3 is 0 Å². The number of hydrogen-bond acceptors (Lipinski definition) is 6. The summed E-state index contributed by atoms with van der Waals surface area (Å²) >= 11 is 0. The fraction of sp³-hybridized carbons (Fsp3) is 0.0909. The van der Waals surface area contributed by atoms with Crippen LogP contribution in [0.5, 0.6) is 5.75 Å². The van der Waals surface area contributed by atoms with Gasteiger partial charge in [-0.25, -0.2) is 9.98 Å². The summed E-state index contributed by atoms with van der Waals surface area (Å²) in [7, 11) is 0. The molecule has 3 aliphatic rings. The Hall–Kier alpha value is -5.30. The van der Waals surface area contributed by atoms with Crippen molar-refractivity contribution in [2.45, 2.75) is 18.2 Å². The Balaban J connectivity index is 1.33. The fourth-order valence-corrected chi connectivity index (χ4v) is 5.74. The molecule has 192 valence electrons. The molecule has 3 unspecified atom stereocenters. The zero-order chi connectivity index (χ0) is 26.5. The van der Waals surface area contributed by atoms with Crippen molar-refractivity contribution < 1.29 is 4.74 Å². The van der Waals surface area contributed by atoms with E-state index in [4.69, 9.17) is 14.7 Å². The number of fused-ring (bicyclic) bond motifs is 6. The summed E-state index contributed by atoms with van der Waals surface area (Å²) in [6.45, 7) is 0. The Morgan fingerprint density at radius 1 is 0.775 bits per heavy atom. The van der Waals surface area contributed by atoms with Gasteiger partial charge in [0.25, 0.3) is 0 Å². The van der Waals surface area contributed by atoms with Gasteiger partial charge in [-0.3, -0.25) is 14.5 Å². The summed E-state index contributed by atoms with van der Waals surface area (Å²) < 4.78 is 8.71. The molecule has 3 atom stereocenters. The molecule has 3 aromatic heterocycles. The maximum Gasteiger partial charge on any atom is 0.211 e. The highest BCUT2D eigenvalue weighted by molar-refractivity contribution is 6.13. The van der Waals surface area contributed by atoms with Crippen molar-refractivity contribution in [3.8, 4) is 5.75 Å². The molecule has 8 rings (SSSR count). The van der Waals surface area contributed by atoms with Gasteiger partial charge in [0.15, 0.2) is 6.17 Å². The van der Waals surface area contributed by atoms with Crippen molar-refractivity contribution in [3.05, 3.63) is 138 Å². The molecule has 0 bridgehead atoms. The first-order valence-corrected chi connectivity index (χ1v) is 13.3. The summed E-state index contributed by atoms with van der Waals surface area (Å²) in [5, 5.41) is 4.69. The summed E-state index contributed by atoms with van der Waals surface area (Å²) in [6.07, 6.45) is 15.4. The molecular formula is C33H24N6O. The molecule has 5 heterocycles. The van der Waals surface area contributed by atoms with E-state index in [0.717, 1.165) is 50.4 Å². The van der Waals surface area contributed by atoms with Crippen LogP contribution >= 0.6 is 0 Å². The van der Waals surface area contributed by atoms with Crippen molar-refractivity contribution in [3.63, 3.8) is 0 Å². The number of pyridine rings is 2. The average molecular weight is 521 g/mol. The smallest absolute Gasteiger partial charge is 0.211 e. The number of aromatic nitrogens is 3. The van der Waals surface area contributed by atoms with Crippen LogP contribution in [-0.2, 0) is 0 Å². The molecule has 2 aliphatic heterocycles. The minimum Gasteiger partial charge on any atom is -0.483 e. The molecular weight excluding hydrogens is 496 g/mol. The SMILES string of the molecule is C1=CC2c3c(c4ccncc4n3C3=NC(c4ccccc4)N=C(c4ccccc4)N3)C=CC2Oc2cnccc21. The molecule has 0 fully saturated rings. The van der Waals surface area contributed by atoms with Gasteiger partial charge in [0.1, 0.15) is 17.7 Å². The molecule has 40 heavy (non-hydrogen) atoms. The van der Waals surface area contributed by atoms with Gasteiger partial charge in [0.2, 0.25) is 5.96 Å². The highest BCUT2D eigenvalue weighted by atomic mass is 16.5. The van der Waals surface area contributed by atoms with E-state index in [0.29, 0.717) is 5.96 Å². The predicted molar refractivity (Wildman–Crippen MR) is 157 cm³/mol. The van der Waals surface area contributed by atoms with Crippen LogP contribution in [0, 0.1) is 0 Å². The largest absolute Gasteiger partial charge is 0.483 e. The fourth-order valence-electron chi connectivity index (χ4n) is 5.74. The minimum absolute atomic E-state index is 0.0569. The molecule has 0 spiro atoms. The van der Waals surface area contributed by atoms with Gasteiger partial charge in [0.05, 0.1) is 23.8 Å². The van der Waals surface area contributed by atoms with Crippen molar-refractivity contribution in [1.29, 1.82) is 0 Å². The second-order valence-electron chi connectivity index (χ2n) is 9.97. The van der Waals surface area contributed by atoms with E-state index in [1.54, 1.807) is 12.4 Å². The number of amidine groups is 1. The van der Waals surface area contributed by atoms with E-state index in [1.807, 2.05) is 54.9 Å². The van der Waals surface area contributed by atoms with Crippen LogP contribution in [-0.4, -0.2) is 32.4 Å². The Morgan fingerprint density at radius 3 is 2.45 bits per heavy atom. The molecule has 7 nitrogen and oxygen atoms in total. The average Bonchev–Trinajstić information content (AvgIpc) is 3.24. The quantitative estimate of drug-likeness (QED) is 0.311. The third kappa shape index (κ3) is 3.66. The molecule has 1 aliphatic carbocycles. The first-order chi connectivity index (χ1) is 19.8. The van der Waals surface area contributed by atoms with E-state index in [1.165, 1.54) is 0 Å². The first-order valence-electron chi connectivity index (χ1n) is 13.3. The van der Waals surface area contributed by atoms with Crippen molar-refractivity contribution >= 4 is 34.9 Å². The number of rotatable bonds is 2. The number of benzene rings is 2. The van der Waals surface area contributed by atoms with Gasteiger partial charge in [0, 0.05) is 40.2 Å². The third-order valence-electron chi connectivity index (χ3n) is 7.62. The Labute approximate surface area is 230 Å². The van der Waals surface area contributed by atoms with Crippen molar-refractivity contribution in [2.24, 2.45) is 9.98 Å². The van der Waals surface area contributed by atoms with E-state index >= 15 is 0 Å². The predicted octanol–water partition coefficient (Wildman–Crippen LogP) is 5.97. The van der Waals surface area contributed by atoms with E-state index in [-0.39, 0.29) is 12.0 Å². The summed E-state index contributed by atoms with van der Waals surface area (Å²) in [4.78, 5) is 19.0. The van der Waals surface area contributed by atoms with Crippen LogP contribution in [0.1, 0.15) is 40.0 Å². The highest BCUT2D eigenvalue weighted by Gasteiger charge is 2.35. The van der Waals surface area contributed by atoms with Gasteiger partial charge in [-0.1, -0.05) is 78.9 Å². The van der Waals surface area contributed by atoms with Crippen LogP contribution < -0.4 is 10.1 Å². The Bertz CT molecular complexity index is 1870. The highest BCUT2D eigenvalue weighted by Crippen LogP contribution is 2.42. The summed E-state index contributed by atoms with van der Waals surface area (Å²) in [5.41, 5.74) is 6.25. The number of aliphatic imine (C=N–C) groups is 2. The van der Waals surface area contributed by atoms with Crippen LogP contribution in [0.15, 0.2) is 120 Å². The maximum atomic E-state index is 6.51. The molecule has 0 saturated heterocycles. The van der Waals surface area contributed by atoms with Gasteiger partial charge in [-0.2, -0.15) is 0 Å². The lowest BCUT2D eigenvalue weighted by atomic mass is 9.89. The second kappa shape index (κ2) is 9.17. The van der Waals surface area contributed by atoms with E-state index < -0.39 is 6.17 Å². The number of hydrogen-bond donors (Lipinski definition) is 1. The second-order valence-corrected chi connectivity index (χ2v) is 9.97. The Morgan fingerprint density at radius 2 is 1.57 bits per heavy atom. The van der Waals surface area contributed by atoms with Crippen LogP contribution in [0.3, 0.4) is 0 Å². The van der Waals surface area contributed by atoms with E-state index in [9.17, 15) is 0 Å². The van der Waals surface area contributed by atoms with Crippen LogP contribution in [0.2, 0.25) is 0 Å². The van der Waals surface area contributed by atoms with Crippen LogP contribution in [0.25, 0.3) is 23.1 Å². The zero-order valence-electron chi connectivity index (χ0n) is 21.4. The monoisotopic (exact) mass is 520 g/mol. The summed E-state index contributed by atoms with van der Waals surface area (Å²) in [6, 6.07) is 24.4. The molecule has 0 amide bonds. The third-order valence-corrected chi connectivity index (χ3v) is 7.62. The molecule has 1 N–H and O–H groups in total. The molecule has 0 saturated carbocycles. The molecule has 7 heteroatoms. The van der Waals surface area contributed by atoms with Crippen LogP contribution in [0.4, 0.5) is 0 Å². The minimum atomic E-state index is -0.399. The van der Waals surface area contributed by atoms with Crippen molar-refractivity contribution in [1.82, 2.24) is 19.9 Å². The topological polar surface area (TPSA) is 76.7 Å². The van der Waals surface area contributed by atoms with Gasteiger partial charge < -0.3 is 10.1 Å². The lowest BCUT2D eigenvalue weighted by Gasteiger charge is -2.29. The molecule has 2 aromatic carbocycles. The number of nitrogens with zero attached hydrogens (tertiary/aromatic N) is 5. The number of ether oxygens (including phenoxy) is 1. The Kier molecular flexibility index (Phi) is 5.19. The molecule has 0 radical (unpaired) electrons. The molecule has 5 aromatic rings. The first kappa shape index (κ1) is 22.7. The lowest BCUT2D eigenvalue weighted by molar-refractivity contribution is 0.231. The zero-order valence-corrected chi connectivity index (χ0v) is 21.4. The van der Waals surface area contributed by atoms with Gasteiger partial charge in [-0.05, 0) is 23.8 Å².